The number of amides is 2. The summed E-state index contributed by atoms with van der Waals surface area (Å²) in [6.45, 7) is 3.93. The van der Waals surface area contributed by atoms with Gasteiger partial charge in [-0.15, -0.1) is 0 Å². The molecule has 1 fully saturated rings. The number of hydrogen-bond acceptors (Lipinski definition) is 6. The van der Waals surface area contributed by atoms with E-state index in [1.54, 1.807) is 19.1 Å². The first-order valence-corrected chi connectivity index (χ1v) is 9.36. The van der Waals surface area contributed by atoms with Gasteiger partial charge in [-0.1, -0.05) is 29.8 Å². The third-order valence-electron chi connectivity index (χ3n) is 4.21. The Morgan fingerprint density at radius 3 is 2.54 bits per heavy atom. The normalized spacial score (nSPS) is 15.4. The molecule has 144 valence electrons. The van der Waals surface area contributed by atoms with Crippen LogP contribution >= 0.6 is 11.8 Å². The lowest BCUT2D eigenvalue weighted by Crippen LogP contribution is -2.32. The predicted octanol–water partition coefficient (Wildman–Crippen LogP) is 4.33. The Balaban J connectivity index is 1.67. The molecule has 8 heteroatoms. The molecule has 0 aliphatic carbocycles. The van der Waals surface area contributed by atoms with Gasteiger partial charge in [0.2, 0.25) is 0 Å². The zero-order valence-corrected chi connectivity index (χ0v) is 16.2. The Morgan fingerprint density at radius 2 is 1.86 bits per heavy atom. The van der Waals surface area contributed by atoms with Crippen molar-refractivity contribution in [3.05, 3.63) is 74.2 Å². The molecule has 0 bridgehead atoms. The molecule has 0 N–H and O–H groups in total. The summed E-state index contributed by atoms with van der Waals surface area (Å²) in [5.41, 5.74) is 2.11. The molecule has 3 rings (SSSR count). The lowest BCUT2D eigenvalue weighted by atomic mass is 10.1. The van der Waals surface area contributed by atoms with Crippen molar-refractivity contribution in [2.75, 3.05) is 13.2 Å². The second kappa shape index (κ2) is 8.26. The van der Waals surface area contributed by atoms with Gasteiger partial charge in [-0.25, -0.2) is 0 Å². The largest absolute Gasteiger partial charge is 0.492 e. The molecule has 2 aromatic rings. The van der Waals surface area contributed by atoms with Gasteiger partial charge in [0.1, 0.15) is 12.4 Å². The number of hydrogen-bond donors (Lipinski definition) is 0. The zero-order valence-electron chi connectivity index (χ0n) is 15.4. The van der Waals surface area contributed by atoms with E-state index in [4.69, 9.17) is 4.74 Å². The van der Waals surface area contributed by atoms with Gasteiger partial charge >= 0.3 is 0 Å². The van der Waals surface area contributed by atoms with E-state index in [-0.39, 0.29) is 29.0 Å². The molecule has 0 unspecified atom stereocenters. The van der Waals surface area contributed by atoms with Gasteiger partial charge in [-0.05, 0) is 49.4 Å². The highest BCUT2D eigenvalue weighted by Crippen LogP contribution is 2.33. The standard InChI is InChI=1S/C20H18N2O5S/c1-13-3-7-16(8-4-13)27-10-9-21-19(23)18(28-20(21)24)12-15-6-5-14(2)17(11-15)22(25)26/h3-8,11-12H,9-10H2,1-2H3/b18-12-. The first-order valence-electron chi connectivity index (χ1n) is 8.55. The Kier molecular flexibility index (Phi) is 5.79. The lowest BCUT2D eigenvalue weighted by molar-refractivity contribution is -0.385. The summed E-state index contributed by atoms with van der Waals surface area (Å²) in [7, 11) is 0. The van der Waals surface area contributed by atoms with Crippen LogP contribution in [0.25, 0.3) is 6.08 Å². The van der Waals surface area contributed by atoms with Crippen molar-refractivity contribution >= 4 is 34.7 Å². The van der Waals surface area contributed by atoms with Crippen molar-refractivity contribution in [2.45, 2.75) is 13.8 Å². The summed E-state index contributed by atoms with van der Waals surface area (Å²) < 4.78 is 5.58. The fourth-order valence-corrected chi connectivity index (χ4v) is 3.51. The number of imide groups is 1. The Bertz CT molecular complexity index is 969. The van der Waals surface area contributed by atoms with E-state index in [0.717, 1.165) is 22.2 Å². The van der Waals surface area contributed by atoms with Crippen molar-refractivity contribution in [1.82, 2.24) is 4.90 Å². The first kappa shape index (κ1) is 19.6. The van der Waals surface area contributed by atoms with Crippen LogP contribution in [0.15, 0.2) is 47.4 Å². The van der Waals surface area contributed by atoms with Gasteiger partial charge in [-0.2, -0.15) is 0 Å². The van der Waals surface area contributed by atoms with Crippen LogP contribution in [0.2, 0.25) is 0 Å². The number of benzene rings is 2. The molecule has 7 nitrogen and oxygen atoms in total. The average molecular weight is 398 g/mol. The maximum absolute atomic E-state index is 12.5. The quantitative estimate of drug-likeness (QED) is 0.409. The smallest absolute Gasteiger partial charge is 0.293 e. The molecule has 1 saturated heterocycles. The van der Waals surface area contributed by atoms with Crippen LogP contribution in [0.3, 0.4) is 0 Å². The van der Waals surface area contributed by atoms with Crippen LogP contribution in [0.5, 0.6) is 5.75 Å². The molecule has 2 aromatic carbocycles. The molecule has 0 aromatic heterocycles. The summed E-state index contributed by atoms with van der Waals surface area (Å²) in [5, 5.41) is 10.7. The monoisotopic (exact) mass is 398 g/mol. The number of ether oxygens (including phenoxy) is 1. The van der Waals surface area contributed by atoms with Crippen molar-refractivity contribution in [3.8, 4) is 5.75 Å². The van der Waals surface area contributed by atoms with Gasteiger partial charge in [0, 0.05) is 11.6 Å². The van der Waals surface area contributed by atoms with E-state index >= 15 is 0 Å². The van der Waals surface area contributed by atoms with Crippen LogP contribution < -0.4 is 4.74 Å². The number of carbonyl (C=O) groups is 2. The maximum Gasteiger partial charge on any atom is 0.293 e. The average Bonchev–Trinajstić information content (AvgIpc) is 2.92. The summed E-state index contributed by atoms with van der Waals surface area (Å²) in [6.07, 6.45) is 1.50. The minimum atomic E-state index is -0.471. The highest BCUT2D eigenvalue weighted by Gasteiger charge is 2.34. The van der Waals surface area contributed by atoms with Crippen LogP contribution in [-0.4, -0.2) is 34.1 Å². The molecule has 0 saturated carbocycles. The van der Waals surface area contributed by atoms with Crippen molar-refractivity contribution in [3.63, 3.8) is 0 Å². The Morgan fingerprint density at radius 1 is 1.14 bits per heavy atom. The number of nitro benzene ring substituents is 1. The van der Waals surface area contributed by atoms with Gasteiger partial charge in [0.15, 0.2) is 0 Å². The SMILES string of the molecule is Cc1ccc(OCCN2C(=O)S/C(=C\c3ccc(C)c([N+](=O)[O-])c3)C2=O)cc1. The Hall–Kier alpha value is -3.13. The predicted molar refractivity (Wildman–Crippen MR) is 107 cm³/mol. The van der Waals surface area contributed by atoms with E-state index in [0.29, 0.717) is 16.9 Å². The maximum atomic E-state index is 12.5. The van der Waals surface area contributed by atoms with Crippen LogP contribution in [0.1, 0.15) is 16.7 Å². The molecule has 1 aliphatic rings. The summed E-state index contributed by atoms with van der Waals surface area (Å²) in [4.78, 5) is 36.6. The van der Waals surface area contributed by atoms with E-state index < -0.39 is 10.8 Å². The molecule has 0 radical (unpaired) electrons. The molecule has 1 aliphatic heterocycles. The van der Waals surface area contributed by atoms with Crippen molar-refractivity contribution in [2.24, 2.45) is 0 Å². The van der Waals surface area contributed by atoms with Crippen LogP contribution in [0.4, 0.5) is 10.5 Å². The number of aryl methyl sites for hydroxylation is 2. The fraction of sp³-hybridized carbons (Fsp3) is 0.200. The van der Waals surface area contributed by atoms with Crippen LogP contribution in [0, 0.1) is 24.0 Å². The minimum absolute atomic E-state index is 0.0283. The number of rotatable bonds is 6. The van der Waals surface area contributed by atoms with E-state index in [9.17, 15) is 19.7 Å². The lowest BCUT2D eigenvalue weighted by Gasteiger charge is -2.13. The Labute approximate surface area is 166 Å². The highest BCUT2D eigenvalue weighted by molar-refractivity contribution is 8.18. The van der Waals surface area contributed by atoms with Gasteiger partial charge in [0.25, 0.3) is 16.8 Å². The molecule has 2 amide bonds. The molecule has 0 atom stereocenters. The number of nitro groups is 1. The number of thioether (sulfide) groups is 1. The van der Waals surface area contributed by atoms with E-state index in [1.807, 2.05) is 31.2 Å². The first-order chi connectivity index (χ1) is 13.3. The van der Waals surface area contributed by atoms with E-state index in [1.165, 1.54) is 12.1 Å². The summed E-state index contributed by atoms with van der Waals surface area (Å²) in [6, 6.07) is 12.2. The van der Waals surface area contributed by atoms with Gasteiger partial charge in [0.05, 0.1) is 16.4 Å². The minimum Gasteiger partial charge on any atom is -0.492 e. The molecule has 1 heterocycles. The topological polar surface area (TPSA) is 89.8 Å². The molecule has 0 spiro atoms. The highest BCUT2D eigenvalue weighted by atomic mass is 32.2. The van der Waals surface area contributed by atoms with Gasteiger partial charge < -0.3 is 4.74 Å². The zero-order chi connectivity index (χ0) is 20.3. The van der Waals surface area contributed by atoms with Crippen molar-refractivity contribution < 1.29 is 19.2 Å². The molecule has 28 heavy (non-hydrogen) atoms. The van der Waals surface area contributed by atoms with Gasteiger partial charge in [-0.3, -0.25) is 24.6 Å². The summed E-state index contributed by atoms with van der Waals surface area (Å²) in [5.74, 6) is 0.241. The molecular formula is C20H18N2O5S. The van der Waals surface area contributed by atoms with Crippen LogP contribution in [-0.2, 0) is 4.79 Å². The third-order valence-corrected chi connectivity index (χ3v) is 5.11. The van der Waals surface area contributed by atoms with Crippen molar-refractivity contribution in [1.29, 1.82) is 0 Å². The third kappa shape index (κ3) is 4.40. The van der Waals surface area contributed by atoms with E-state index in [2.05, 4.69) is 0 Å². The number of carbonyl (C=O) groups excluding carboxylic acids is 2. The number of nitrogens with zero attached hydrogens (tertiary/aromatic N) is 2. The second-order valence-corrected chi connectivity index (χ2v) is 7.29. The summed E-state index contributed by atoms with van der Waals surface area (Å²) >= 11 is 0.816. The second-order valence-electron chi connectivity index (χ2n) is 6.30. The molecular weight excluding hydrogens is 380 g/mol. The fourth-order valence-electron chi connectivity index (χ4n) is 2.65.